The molecule has 0 spiro atoms. The van der Waals surface area contributed by atoms with Crippen LogP contribution >= 0.6 is 11.6 Å². The molecule has 138 valence electrons. The average molecular weight is 394 g/mol. The van der Waals surface area contributed by atoms with Gasteiger partial charge >= 0.3 is 5.97 Å². The Labute approximate surface area is 158 Å². The van der Waals surface area contributed by atoms with Crippen LogP contribution in [0.3, 0.4) is 0 Å². The van der Waals surface area contributed by atoms with E-state index in [4.69, 9.17) is 16.3 Å². The molecule has 1 saturated carbocycles. The number of carbonyl (C=O) groups excluding carboxylic acids is 1. The summed E-state index contributed by atoms with van der Waals surface area (Å²) in [5, 5.41) is 0.472. The highest BCUT2D eigenvalue weighted by Crippen LogP contribution is 2.28. The van der Waals surface area contributed by atoms with E-state index in [2.05, 4.69) is 0 Å². The van der Waals surface area contributed by atoms with Gasteiger partial charge in [-0.2, -0.15) is 0 Å². The average Bonchev–Trinajstić information content (AvgIpc) is 3.17. The number of anilines is 1. The number of nitrogens with zero attached hydrogens (tertiary/aromatic N) is 1. The largest absolute Gasteiger partial charge is 0.426 e. The van der Waals surface area contributed by atoms with Gasteiger partial charge in [0, 0.05) is 12.1 Å². The van der Waals surface area contributed by atoms with E-state index in [0.29, 0.717) is 16.5 Å². The molecule has 0 aromatic heterocycles. The van der Waals surface area contributed by atoms with Crippen molar-refractivity contribution < 1.29 is 17.9 Å². The molecule has 0 amide bonds. The second-order valence-corrected chi connectivity index (χ2v) is 8.73. The summed E-state index contributed by atoms with van der Waals surface area (Å²) in [5.41, 5.74) is 0.473. The molecule has 1 aliphatic rings. The van der Waals surface area contributed by atoms with Gasteiger partial charge in [-0.15, -0.1) is 0 Å². The number of hydrogen-bond donors (Lipinski definition) is 0. The summed E-state index contributed by atoms with van der Waals surface area (Å²) >= 11 is 5.81. The summed E-state index contributed by atoms with van der Waals surface area (Å²) in [7, 11) is -2.22. The number of halogens is 1. The fourth-order valence-electron chi connectivity index (χ4n) is 2.99. The molecule has 0 N–H and O–H groups in total. The Morgan fingerprint density at radius 2 is 1.62 bits per heavy atom. The smallest absolute Gasteiger partial charge is 0.314 e. The standard InChI is InChI=1S/C19H20ClNO4S/c1-21(26(23,24)18-12-6-15(20)7-13-18)16-8-10-17(11-9-16)25-19(22)14-4-2-3-5-14/h6-14H,2-5H2,1H3. The van der Waals surface area contributed by atoms with Gasteiger partial charge in [0.25, 0.3) is 10.0 Å². The number of esters is 1. The molecule has 0 aliphatic heterocycles. The van der Waals surface area contributed by atoms with Crippen LogP contribution in [-0.4, -0.2) is 21.4 Å². The van der Waals surface area contributed by atoms with E-state index >= 15 is 0 Å². The fraction of sp³-hybridized carbons (Fsp3) is 0.316. The Morgan fingerprint density at radius 3 is 2.19 bits per heavy atom. The first-order valence-corrected chi connectivity index (χ1v) is 10.3. The van der Waals surface area contributed by atoms with E-state index in [1.807, 2.05) is 0 Å². The number of sulfonamides is 1. The van der Waals surface area contributed by atoms with Crippen molar-refractivity contribution in [1.82, 2.24) is 0 Å². The highest BCUT2D eigenvalue weighted by atomic mass is 35.5. The maximum atomic E-state index is 12.7. The third-order valence-electron chi connectivity index (χ3n) is 4.58. The minimum Gasteiger partial charge on any atom is -0.426 e. The topological polar surface area (TPSA) is 63.7 Å². The highest BCUT2D eigenvalue weighted by molar-refractivity contribution is 7.92. The second-order valence-electron chi connectivity index (χ2n) is 6.32. The Morgan fingerprint density at radius 1 is 1.04 bits per heavy atom. The molecule has 0 radical (unpaired) electrons. The number of ether oxygens (including phenoxy) is 1. The lowest BCUT2D eigenvalue weighted by atomic mass is 10.1. The molecule has 1 fully saturated rings. The first-order valence-electron chi connectivity index (χ1n) is 8.44. The van der Waals surface area contributed by atoms with Gasteiger partial charge in [0.2, 0.25) is 0 Å². The number of benzene rings is 2. The molecule has 2 aromatic rings. The molecule has 3 rings (SSSR count). The number of rotatable bonds is 5. The van der Waals surface area contributed by atoms with Crippen LogP contribution in [0.2, 0.25) is 5.02 Å². The van der Waals surface area contributed by atoms with Crippen molar-refractivity contribution in [3.8, 4) is 5.75 Å². The Bertz CT molecular complexity index is 873. The first-order chi connectivity index (χ1) is 12.4. The van der Waals surface area contributed by atoms with E-state index in [0.717, 1.165) is 25.7 Å². The molecule has 0 atom stereocenters. The predicted octanol–water partition coefficient (Wildman–Crippen LogP) is 4.26. The van der Waals surface area contributed by atoms with Crippen LogP contribution in [0.5, 0.6) is 5.75 Å². The van der Waals surface area contributed by atoms with Gasteiger partial charge in [0.15, 0.2) is 0 Å². The SMILES string of the molecule is CN(c1ccc(OC(=O)C2CCCC2)cc1)S(=O)(=O)c1ccc(Cl)cc1. The van der Waals surface area contributed by atoms with Gasteiger partial charge in [0.1, 0.15) is 5.75 Å². The minimum atomic E-state index is -3.69. The van der Waals surface area contributed by atoms with Crippen molar-refractivity contribution >= 4 is 33.3 Å². The van der Waals surface area contributed by atoms with Gasteiger partial charge in [-0.05, 0) is 61.4 Å². The zero-order chi connectivity index (χ0) is 18.7. The molecule has 5 nitrogen and oxygen atoms in total. The van der Waals surface area contributed by atoms with Crippen LogP contribution in [0.15, 0.2) is 53.4 Å². The van der Waals surface area contributed by atoms with E-state index in [9.17, 15) is 13.2 Å². The molecule has 0 bridgehead atoms. The molecule has 7 heteroatoms. The molecule has 1 aliphatic carbocycles. The summed E-state index contributed by atoms with van der Waals surface area (Å²) in [6.45, 7) is 0. The van der Waals surface area contributed by atoms with E-state index in [-0.39, 0.29) is 16.8 Å². The van der Waals surface area contributed by atoms with Crippen LogP contribution in [0.1, 0.15) is 25.7 Å². The fourth-order valence-corrected chi connectivity index (χ4v) is 4.31. The summed E-state index contributed by atoms with van der Waals surface area (Å²) in [6, 6.07) is 12.4. The van der Waals surface area contributed by atoms with Crippen molar-refractivity contribution in [1.29, 1.82) is 0 Å². The second kappa shape index (κ2) is 7.68. The predicted molar refractivity (Wildman–Crippen MR) is 101 cm³/mol. The van der Waals surface area contributed by atoms with Gasteiger partial charge in [0.05, 0.1) is 16.5 Å². The number of carbonyl (C=O) groups is 1. The maximum absolute atomic E-state index is 12.7. The molecule has 0 saturated heterocycles. The molecule has 2 aromatic carbocycles. The van der Waals surface area contributed by atoms with Gasteiger partial charge < -0.3 is 4.74 Å². The van der Waals surface area contributed by atoms with Gasteiger partial charge in [-0.3, -0.25) is 9.10 Å². The lowest BCUT2D eigenvalue weighted by molar-refractivity contribution is -0.138. The zero-order valence-corrected chi connectivity index (χ0v) is 16.0. The Balaban J connectivity index is 1.72. The quantitative estimate of drug-likeness (QED) is 0.562. The summed E-state index contributed by atoms with van der Waals surface area (Å²) < 4.78 is 31.9. The van der Waals surface area contributed by atoms with Crippen molar-refractivity contribution in [3.05, 3.63) is 53.6 Å². The first kappa shape index (κ1) is 18.7. The van der Waals surface area contributed by atoms with Crippen molar-refractivity contribution in [2.45, 2.75) is 30.6 Å². The van der Waals surface area contributed by atoms with Crippen LogP contribution in [-0.2, 0) is 14.8 Å². The van der Waals surface area contributed by atoms with Gasteiger partial charge in [-0.25, -0.2) is 8.42 Å². The summed E-state index contributed by atoms with van der Waals surface area (Å²) in [4.78, 5) is 12.2. The minimum absolute atomic E-state index is 0.0253. The normalized spacial score (nSPS) is 15.0. The Hall–Kier alpha value is -2.05. The molecular formula is C19H20ClNO4S. The van der Waals surface area contributed by atoms with Crippen molar-refractivity contribution in [3.63, 3.8) is 0 Å². The lowest BCUT2D eigenvalue weighted by Gasteiger charge is -2.20. The highest BCUT2D eigenvalue weighted by Gasteiger charge is 2.25. The molecule has 26 heavy (non-hydrogen) atoms. The summed E-state index contributed by atoms with van der Waals surface area (Å²) in [6.07, 6.45) is 3.87. The summed E-state index contributed by atoms with van der Waals surface area (Å²) in [5.74, 6) is 0.183. The van der Waals surface area contributed by atoms with E-state index < -0.39 is 10.0 Å². The molecular weight excluding hydrogens is 374 g/mol. The third-order valence-corrected chi connectivity index (χ3v) is 6.63. The maximum Gasteiger partial charge on any atom is 0.314 e. The van der Waals surface area contributed by atoms with Crippen molar-refractivity contribution in [2.75, 3.05) is 11.4 Å². The lowest BCUT2D eigenvalue weighted by Crippen LogP contribution is -2.26. The molecule has 0 unspecified atom stereocenters. The number of hydrogen-bond acceptors (Lipinski definition) is 4. The van der Waals surface area contributed by atoms with Crippen LogP contribution < -0.4 is 9.04 Å². The third kappa shape index (κ3) is 4.02. The van der Waals surface area contributed by atoms with E-state index in [1.165, 1.54) is 35.6 Å². The monoisotopic (exact) mass is 393 g/mol. The molecule has 0 heterocycles. The zero-order valence-electron chi connectivity index (χ0n) is 14.4. The van der Waals surface area contributed by atoms with Gasteiger partial charge in [-0.1, -0.05) is 24.4 Å². The van der Waals surface area contributed by atoms with Crippen LogP contribution in [0.25, 0.3) is 0 Å². The van der Waals surface area contributed by atoms with Crippen LogP contribution in [0.4, 0.5) is 5.69 Å². The van der Waals surface area contributed by atoms with E-state index in [1.54, 1.807) is 24.3 Å². The Kier molecular flexibility index (Phi) is 5.53. The van der Waals surface area contributed by atoms with Crippen LogP contribution in [0, 0.1) is 5.92 Å². The van der Waals surface area contributed by atoms with Crippen molar-refractivity contribution in [2.24, 2.45) is 5.92 Å².